The third-order valence-corrected chi connectivity index (χ3v) is 6.27. The molecule has 1 unspecified atom stereocenters. The van der Waals surface area contributed by atoms with E-state index < -0.39 is 0 Å². The van der Waals surface area contributed by atoms with E-state index in [1.165, 1.54) is 12.1 Å². The van der Waals surface area contributed by atoms with Gasteiger partial charge in [-0.3, -0.25) is 4.90 Å². The minimum atomic E-state index is -0.254. The molecule has 174 valence electrons. The van der Waals surface area contributed by atoms with E-state index >= 15 is 0 Å². The number of para-hydroxylation sites is 2. The van der Waals surface area contributed by atoms with Crippen LogP contribution in [0.3, 0.4) is 0 Å². The highest BCUT2D eigenvalue weighted by atomic mass is 19.1. The Morgan fingerprint density at radius 3 is 2.32 bits per heavy atom. The number of piperazine rings is 1. The number of hydrogen-bond donors (Lipinski definition) is 0. The van der Waals surface area contributed by atoms with Gasteiger partial charge in [-0.2, -0.15) is 0 Å². The Bertz CT molecular complexity index is 1210. The van der Waals surface area contributed by atoms with Gasteiger partial charge in [0.05, 0.1) is 25.4 Å². The average Bonchev–Trinajstić information content (AvgIpc) is 3.34. The van der Waals surface area contributed by atoms with Crippen LogP contribution in [0.1, 0.15) is 23.0 Å². The van der Waals surface area contributed by atoms with E-state index in [0.29, 0.717) is 6.54 Å². The highest BCUT2D eigenvalue weighted by Gasteiger charge is 2.31. The van der Waals surface area contributed by atoms with Crippen molar-refractivity contribution in [3.63, 3.8) is 0 Å². The molecule has 34 heavy (non-hydrogen) atoms. The van der Waals surface area contributed by atoms with Gasteiger partial charge in [-0.1, -0.05) is 54.6 Å². The van der Waals surface area contributed by atoms with E-state index in [-0.39, 0.29) is 11.9 Å². The zero-order valence-corrected chi connectivity index (χ0v) is 19.1. The molecule has 1 atom stereocenters. The van der Waals surface area contributed by atoms with Crippen LogP contribution in [0, 0.1) is 5.82 Å². The summed E-state index contributed by atoms with van der Waals surface area (Å²) in [6.07, 6.45) is 0. The Morgan fingerprint density at radius 2 is 1.59 bits per heavy atom. The van der Waals surface area contributed by atoms with Crippen LogP contribution in [0.5, 0.6) is 5.75 Å². The first-order valence-electron chi connectivity index (χ1n) is 11.4. The van der Waals surface area contributed by atoms with Crippen molar-refractivity contribution in [2.24, 2.45) is 0 Å². The summed E-state index contributed by atoms with van der Waals surface area (Å²) < 4.78 is 20.8. The lowest BCUT2D eigenvalue weighted by Gasteiger charge is -2.40. The molecule has 1 fully saturated rings. The van der Waals surface area contributed by atoms with Crippen LogP contribution >= 0.6 is 0 Å². The first-order valence-corrected chi connectivity index (χ1v) is 11.4. The number of methoxy groups -OCH3 is 1. The van der Waals surface area contributed by atoms with Crippen molar-refractivity contribution in [3.05, 3.63) is 102 Å². The maximum atomic E-state index is 13.4. The van der Waals surface area contributed by atoms with Crippen molar-refractivity contribution in [1.82, 2.24) is 25.1 Å². The molecule has 3 aromatic carbocycles. The Kier molecular flexibility index (Phi) is 6.49. The lowest BCUT2D eigenvalue weighted by molar-refractivity contribution is 0.201. The molecule has 4 aromatic rings. The molecule has 1 saturated heterocycles. The van der Waals surface area contributed by atoms with Gasteiger partial charge in [0.1, 0.15) is 11.6 Å². The monoisotopic (exact) mass is 458 g/mol. The number of hydrogen-bond acceptors (Lipinski definition) is 6. The van der Waals surface area contributed by atoms with Gasteiger partial charge >= 0.3 is 0 Å². The van der Waals surface area contributed by atoms with E-state index in [9.17, 15) is 4.39 Å². The quantitative estimate of drug-likeness (QED) is 0.420. The summed E-state index contributed by atoms with van der Waals surface area (Å²) in [6, 6.07) is 24.9. The molecule has 7 nitrogen and oxygen atoms in total. The van der Waals surface area contributed by atoms with Gasteiger partial charge in [0, 0.05) is 26.2 Å². The number of halogens is 1. The number of anilines is 1. The lowest BCUT2D eigenvalue weighted by Crippen LogP contribution is -2.48. The molecule has 0 spiro atoms. The van der Waals surface area contributed by atoms with Gasteiger partial charge in [-0.25, -0.2) is 9.07 Å². The van der Waals surface area contributed by atoms with Gasteiger partial charge in [0.15, 0.2) is 5.82 Å². The number of tetrazole rings is 1. The van der Waals surface area contributed by atoms with E-state index in [1.807, 2.05) is 41.1 Å². The van der Waals surface area contributed by atoms with E-state index in [2.05, 4.69) is 43.5 Å². The summed E-state index contributed by atoms with van der Waals surface area (Å²) in [7, 11) is 1.71. The second kappa shape index (κ2) is 10.0. The van der Waals surface area contributed by atoms with E-state index in [0.717, 1.165) is 54.6 Å². The molecule has 1 aliphatic rings. The molecular weight excluding hydrogens is 431 g/mol. The minimum absolute atomic E-state index is 0.0866. The minimum Gasteiger partial charge on any atom is -0.495 e. The van der Waals surface area contributed by atoms with Crippen LogP contribution in [0.4, 0.5) is 10.1 Å². The fourth-order valence-electron chi connectivity index (χ4n) is 4.55. The van der Waals surface area contributed by atoms with Gasteiger partial charge < -0.3 is 9.64 Å². The predicted molar refractivity (Wildman–Crippen MR) is 128 cm³/mol. The van der Waals surface area contributed by atoms with Crippen molar-refractivity contribution in [1.29, 1.82) is 0 Å². The highest BCUT2D eigenvalue weighted by Crippen LogP contribution is 2.32. The fourth-order valence-corrected chi connectivity index (χ4v) is 4.55. The normalized spacial score (nSPS) is 15.3. The first kappa shape index (κ1) is 22.0. The zero-order valence-electron chi connectivity index (χ0n) is 19.1. The number of nitrogens with zero attached hydrogens (tertiary/aromatic N) is 6. The van der Waals surface area contributed by atoms with Crippen LogP contribution in [0.2, 0.25) is 0 Å². The van der Waals surface area contributed by atoms with Crippen molar-refractivity contribution in [3.8, 4) is 5.75 Å². The summed E-state index contributed by atoms with van der Waals surface area (Å²) in [4.78, 5) is 4.78. The average molecular weight is 459 g/mol. The molecular formula is C26H27FN6O. The second-order valence-corrected chi connectivity index (χ2v) is 8.33. The van der Waals surface area contributed by atoms with E-state index in [1.54, 1.807) is 19.2 Å². The molecule has 0 amide bonds. The largest absolute Gasteiger partial charge is 0.495 e. The number of rotatable bonds is 7. The summed E-state index contributed by atoms with van der Waals surface area (Å²) in [5, 5.41) is 12.7. The third-order valence-electron chi connectivity index (χ3n) is 6.27. The third kappa shape index (κ3) is 4.63. The number of aromatic nitrogens is 4. The van der Waals surface area contributed by atoms with Crippen molar-refractivity contribution >= 4 is 5.69 Å². The summed E-state index contributed by atoms with van der Waals surface area (Å²) in [5.74, 6) is 1.41. The lowest BCUT2D eigenvalue weighted by atomic mass is 10.0. The summed E-state index contributed by atoms with van der Waals surface area (Å²) in [5.41, 5.74) is 3.20. The molecule has 1 aromatic heterocycles. The van der Waals surface area contributed by atoms with Crippen molar-refractivity contribution in [2.45, 2.75) is 12.6 Å². The van der Waals surface area contributed by atoms with Gasteiger partial charge in [0.2, 0.25) is 0 Å². The van der Waals surface area contributed by atoms with Crippen LogP contribution in [-0.4, -0.2) is 58.4 Å². The maximum absolute atomic E-state index is 13.4. The van der Waals surface area contributed by atoms with Crippen LogP contribution in [0.15, 0.2) is 78.9 Å². The predicted octanol–water partition coefficient (Wildman–Crippen LogP) is 3.78. The van der Waals surface area contributed by atoms with Crippen LogP contribution < -0.4 is 9.64 Å². The molecule has 0 saturated carbocycles. The molecule has 0 bridgehead atoms. The Balaban J connectivity index is 1.41. The highest BCUT2D eigenvalue weighted by molar-refractivity contribution is 5.58. The SMILES string of the molecule is COc1ccccc1N1CCN(C(c2ccccc2)c2nnnn2Cc2ccc(F)cc2)CC1. The van der Waals surface area contributed by atoms with Gasteiger partial charge in [-0.05, 0) is 45.8 Å². The number of ether oxygens (including phenoxy) is 1. The van der Waals surface area contributed by atoms with Crippen LogP contribution in [0.25, 0.3) is 0 Å². The van der Waals surface area contributed by atoms with Crippen molar-refractivity contribution < 1.29 is 9.13 Å². The molecule has 2 heterocycles. The Morgan fingerprint density at radius 1 is 0.882 bits per heavy atom. The molecule has 8 heteroatoms. The molecule has 0 radical (unpaired) electrons. The molecule has 0 N–H and O–H groups in total. The maximum Gasteiger partial charge on any atom is 0.173 e. The zero-order chi connectivity index (χ0) is 23.3. The second-order valence-electron chi connectivity index (χ2n) is 8.33. The summed E-state index contributed by atoms with van der Waals surface area (Å²) >= 11 is 0. The van der Waals surface area contributed by atoms with Crippen molar-refractivity contribution in [2.75, 3.05) is 38.2 Å². The van der Waals surface area contributed by atoms with Crippen LogP contribution in [-0.2, 0) is 6.54 Å². The standard InChI is InChI=1S/C26H27FN6O/c1-34-24-10-6-5-9-23(24)31-15-17-32(18-16-31)25(21-7-3-2-4-8-21)26-28-29-30-33(26)19-20-11-13-22(27)14-12-20/h2-14,25H,15-19H2,1H3. The number of benzene rings is 3. The Hall–Kier alpha value is -3.78. The Labute approximate surface area is 198 Å². The summed E-state index contributed by atoms with van der Waals surface area (Å²) in [6.45, 7) is 3.90. The smallest absolute Gasteiger partial charge is 0.173 e. The van der Waals surface area contributed by atoms with Gasteiger partial charge in [-0.15, -0.1) is 5.10 Å². The molecule has 1 aliphatic heterocycles. The fraction of sp³-hybridized carbons (Fsp3) is 0.269. The van der Waals surface area contributed by atoms with Gasteiger partial charge in [0.25, 0.3) is 0 Å². The molecule has 0 aliphatic carbocycles. The molecule has 5 rings (SSSR count). The first-order chi connectivity index (χ1) is 16.7. The van der Waals surface area contributed by atoms with E-state index in [4.69, 9.17) is 4.74 Å². The topological polar surface area (TPSA) is 59.3 Å².